The van der Waals surface area contributed by atoms with E-state index in [4.69, 9.17) is 25.7 Å². The Hall–Kier alpha value is -4.75. The fourth-order valence-electron chi connectivity index (χ4n) is 4.90. The van der Waals surface area contributed by atoms with E-state index < -0.39 is 23.8 Å². The molecule has 0 bridgehead atoms. The Morgan fingerprint density at radius 2 is 1.95 bits per heavy atom. The largest absolute Gasteiger partial charge is 0.493 e. The summed E-state index contributed by atoms with van der Waals surface area (Å²) in [5.74, 6) is -1.21. The van der Waals surface area contributed by atoms with Crippen molar-refractivity contribution < 1.29 is 28.6 Å². The predicted molar refractivity (Wildman–Crippen MR) is 158 cm³/mol. The highest BCUT2D eigenvalue weighted by Gasteiger charge is 2.37. The molecule has 218 valence electrons. The minimum Gasteiger partial charge on any atom is -0.493 e. The van der Waals surface area contributed by atoms with Crippen molar-refractivity contribution in [1.82, 2.24) is 14.7 Å². The van der Waals surface area contributed by atoms with Gasteiger partial charge in [0.2, 0.25) is 5.91 Å². The lowest BCUT2D eigenvalue weighted by molar-refractivity contribution is -0.123. The number of hydrogen-bond acceptors (Lipinski definition) is 10. The molecule has 2 atom stereocenters. The van der Waals surface area contributed by atoms with Gasteiger partial charge < -0.3 is 31.0 Å². The second-order valence-electron chi connectivity index (χ2n) is 9.59. The van der Waals surface area contributed by atoms with E-state index >= 15 is 0 Å². The Morgan fingerprint density at radius 1 is 1.14 bits per heavy atom. The van der Waals surface area contributed by atoms with Gasteiger partial charge in [-0.3, -0.25) is 24.3 Å². The van der Waals surface area contributed by atoms with Crippen LogP contribution >= 0.6 is 11.5 Å². The summed E-state index contributed by atoms with van der Waals surface area (Å²) >= 11 is 0.729. The fraction of sp³-hybridized carbons (Fsp3) is 0.276. The lowest BCUT2D eigenvalue weighted by Gasteiger charge is -2.32. The average Bonchev–Trinajstić information content (AvgIpc) is 3.67. The molecule has 42 heavy (non-hydrogen) atoms. The van der Waals surface area contributed by atoms with Gasteiger partial charge in [0.15, 0.2) is 17.2 Å². The number of nitrogens with one attached hydrogen (secondary N) is 1. The third-order valence-corrected chi connectivity index (χ3v) is 7.85. The number of fused-ring (bicyclic) bond motifs is 1. The molecule has 4 aromatic rings. The van der Waals surface area contributed by atoms with Gasteiger partial charge in [0, 0.05) is 36.5 Å². The highest BCUT2D eigenvalue weighted by Crippen LogP contribution is 2.38. The summed E-state index contributed by atoms with van der Waals surface area (Å²) in [5, 5.41) is 3.75. The Bertz CT molecular complexity index is 1640. The molecule has 0 saturated carbocycles. The zero-order valence-electron chi connectivity index (χ0n) is 23.0. The van der Waals surface area contributed by atoms with E-state index in [1.54, 1.807) is 42.6 Å². The number of benzene rings is 2. The second-order valence-corrected chi connectivity index (χ2v) is 10.4. The van der Waals surface area contributed by atoms with Gasteiger partial charge in [0.1, 0.15) is 10.9 Å². The fourth-order valence-corrected chi connectivity index (χ4v) is 5.64. The number of carbonyl (C=O) groups excluding carboxylic acids is 3. The maximum Gasteiger partial charge on any atom is 0.273 e. The molecule has 3 amide bonds. The summed E-state index contributed by atoms with van der Waals surface area (Å²) in [6.45, 7) is 0.900. The van der Waals surface area contributed by atoms with Crippen LogP contribution in [0.25, 0.3) is 10.9 Å². The molecule has 0 spiro atoms. The van der Waals surface area contributed by atoms with Crippen LogP contribution in [0, 0.1) is 0 Å². The normalized spacial score (nSPS) is 15.2. The quantitative estimate of drug-likeness (QED) is 0.251. The Labute approximate surface area is 245 Å². The third-order valence-electron chi connectivity index (χ3n) is 7.00. The highest BCUT2D eigenvalue weighted by atomic mass is 32.1. The molecule has 1 saturated heterocycles. The average molecular weight is 591 g/mol. The molecule has 5 rings (SSSR count). The van der Waals surface area contributed by atoms with E-state index in [1.165, 1.54) is 19.1 Å². The van der Waals surface area contributed by atoms with Crippen LogP contribution in [0.3, 0.4) is 0 Å². The molecule has 1 aliphatic heterocycles. The summed E-state index contributed by atoms with van der Waals surface area (Å²) in [4.78, 5) is 46.0. The Morgan fingerprint density at radius 3 is 2.64 bits per heavy atom. The molecule has 0 aliphatic carbocycles. The number of ether oxygens (including phenoxy) is 3. The number of pyridine rings is 1. The SMILES string of the molecule is COc1ccc(N(C(=O)c2snc(C(N)=O)c2N)[C@H](C(=O)NC[C@@H]2CCCO2)c2ccc3ncccc3c2)cc1OC. The minimum absolute atomic E-state index is 0.0435. The molecule has 3 heterocycles. The Kier molecular flexibility index (Phi) is 8.50. The van der Waals surface area contributed by atoms with Crippen LogP contribution in [0.1, 0.15) is 44.6 Å². The van der Waals surface area contributed by atoms with Crippen molar-refractivity contribution >= 4 is 51.5 Å². The van der Waals surface area contributed by atoms with Gasteiger partial charge in [-0.1, -0.05) is 12.1 Å². The highest BCUT2D eigenvalue weighted by molar-refractivity contribution is 7.09. The number of nitrogens with zero attached hydrogens (tertiary/aromatic N) is 3. The topological polar surface area (TPSA) is 172 Å². The molecule has 1 aliphatic rings. The van der Waals surface area contributed by atoms with Crippen molar-refractivity contribution in [3.8, 4) is 11.5 Å². The number of nitrogens with two attached hydrogens (primary N) is 2. The van der Waals surface area contributed by atoms with E-state index in [-0.39, 0.29) is 28.9 Å². The zero-order valence-corrected chi connectivity index (χ0v) is 23.8. The second kappa shape index (κ2) is 12.4. The Balaban J connectivity index is 1.67. The first-order valence-electron chi connectivity index (χ1n) is 13.2. The first-order valence-corrected chi connectivity index (χ1v) is 13.9. The maximum absolute atomic E-state index is 14.4. The lowest BCUT2D eigenvalue weighted by atomic mass is 10.00. The third kappa shape index (κ3) is 5.69. The number of hydrogen-bond donors (Lipinski definition) is 3. The summed E-state index contributed by atoms with van der Waals surface area (Å²) in [6.07, 6.45) is 3.27. The lowest BCUT2D eigenvalue weighted by Crippen LogP contribution is -2.45. The van der Waals surface area contributed by atoms with Gasteiger partial charge in [-0.2, -0.15) is 4.37 Å². The number of carbonyl (C=O) groups is 3. The van der Waals surface area contributed by atoms with Crippen LogP contribution < -0.4 is 31.2 Å². The number of anilines is 2. The zero-order chi connectivity index (χ0) is 29.8. The number of methoxy groups -OCH3 is 2. The number of primary amides is 1. The van der Waals surface area contributed by atoms with Gasteiger partial charge in [-0.05, 0) is 60.3 Å². The number of aromatic nitrogens is 2. The molecule has 13 heteroatoms. The van der Waals surface area contributed by atoms with Crippen LogP contribution in [-0.4, -0.2) is 60.6 Å². The maximum atomic E-state index is 14.4. The summed E-state index contributed by atoms with van der Waals surface area (Å²) in [5.41, 5.74) is 12.8. The number of nitrogen functional groups attached to an aromatic ring is 1. The van der Waals surface area contributed by atoms with Gasteiger partial charge >= 0.3 is 0 Å². The predicted octanol–water partition coefficient (Wildman–Crippen LogP) is 3.07. The number of amides is 3. The van der Waals surface area contributed by atoms with Crippen LogP contribution in [0.2, 0.25) is 0 Å². The molecule has 2 aromatic heterocycles. The van der Waals surface area contributed by atoms with E-state index in [0.29, 0.717) is 29.4 Å². The minimum atomic E-state index is -1.18. The molecular weight excluding hydrogens is 560 g/mol. The van der Waals surface area contributed by atoms with Crippen molar-refractivity contribution in [1.29, 1.82) is 0 Å². The van der Waals surface area contributed by atoms with Crippen LogP contribution in [0.4, 0.5) is 11.4 Å². The summed E-state index contributed by atoms with van der Waals surface area (Å²) in [7, 11) is 2.96. The molecule has 0 unspecified atom stereocenters. The van der Waals surface area contributed by atoms with Crippen LogP contribution in [0.5, 0.6) is 11.5 Å². The molecule has 1 fully saturated rings. The molecule has 5 N–H and O–H groups in total. The molecule has 12 nitrogen and oxygen atoms in total. The summed E-state index contributed by atoms with van der Waals surface area (Å²) < 4.78 is 20.6. The van der Waals surface area contributed by atoms with Crippen molar-refractivity contribution in [2.75, 3.05) is 38.0 Å². The van der Waals surface area contributed by atoms with Crippen molar-refractivity contribution in [3.63, 3.8) is 0 Å². The first kappa shape index (κ1) is 28.8. The van der Waals surface area contributed by atoms with Crippen molar-refractivity contribution in [2.45, 2.75) is 25.0 Å². The standard InChI is InChI=1S/C29H30N6O6S/c1-39-21-10-8-18(14-22(21)40-2)35(29(38)26-23(30)24(27(31)36)34-42-26)25(28(37)33-15-19-6-4-12-41-19)17-7-9-20-16(13-17)5-3-11-32-20/h3,5,7-11,13-14,19,25H,4,6,12,15,30H2,1-2H3,(H2,31,36)(H,33,37)/t19-,25-/m0/s1. The molecule has 2 aromatic carbocycles. The molecule has 0 radical (unpaired) electrons. The van der Waals surface area contributed by atoms with E-state index in [0.717, 1.165) is 35.3 Å². The van der Waals surface area contributed by atoms with Crippen LogP contribution in [-0.2, 0) is 9.53 Å². The van der Waals surface area contributed by atoms with Gasteiger partial charge in [0.05, 0.1) is 31.5 Å². The van der Waals surface area contributed by atoms with E-state index in [2.05, 4.69) is 14.7 Å². The smallest absolute Gasteiger partial charge is 0.273 e. The van der Waals surface area contributed by atoms with E-state index in [9.17, 15) is 14.4 Å². The monoisotopic (exact) mass is 590 g/mol. The van der Waals surface area contributed by atoms with Gasteiger partial charge in [-0.15, -0.1) is 0 Å². The van der Waals surface area contributed by atoms with Crippen molar-refractivity contribution in [3.05, 3.63) is 70.9 Å². The van der Waals surface area contributed by atoms with E-state index in [1.807, 2.05) is 12.1 Å². The van der Waals surface area contributed by atoms with Gasteiger partial charge in [-0.25, -0.2) is 0 Å². The van der Waals surface area contributed by atoms with Crippen LogP contribution in [0.15, 0.2) is 54.7 Å². The summed E-state index contributed by atoms with van der Waals surface area (Å²) in [6, 6.07) is 12.7. The number of rotatable bonds is 10. The first-order chi connectivity index (χ1) is 20.3. The van der Waals surface area contributed by atoms with Gasteiger partial charge in [0.25, 0.3) is 11.8 Å². The van der Waals surface area contributed by atoms with Crippen molar-refractivity contribution in [2.24, 2.45) is 5.73 Å². The molecular formula is C29H30N6O6S.